The number of hydrogen-bond donors (Lipinski definition) is 0. The van der Waals surface area contributed by atoms with Gasteiger partial charge in [0, 0.05) is 19.3 Å². The van der Waals surface area contributed by atoms with Gasteiger partial charge in [-0.2, -0.15) is 0 Å². The molecule has 1 atom stereocenters. The van der Waals surface area contributed by atoms with Crippen LogP contribution in [-0.4, -0.2) is 37.2 Å². The number of unbranched alkanes of at least 4 members (excludes halogenated alkanes) is 21. The molecular weight excluding hydrogens is 829 g/mol. The first-order valence-electron chi connectivity index (χ1n) is 27.4. The highest BCUT2D eigenvalue weighted by Gasteiger charge is 2.19. The quantitative estimate of drug-likeness (QED) is 0.0199. The highest BCUT2D eigenvalue weighted by molar-refractivity contribution is 5.71. The van der Waals surface area contributed by atoms with Crippen molar-refractivity contribution in [2.24, 2.45) is 0 Å². The van der Waals surface area contributed by atoms with Crippen LogP contribution in [0.15, 0.2) is 109 Å². The van der Waals surface area contributed by atoms with Gasteiger partial charge in [-0.3, -0.25) is 14.4 Å². The van der Waals surface area contributed by atoms with Crippen LogP contribution >= 0.6 is 0 Å². The zero-order chi connectivity index (χ0) is 48.6. The van der Waals surface area contributed by atoms with Crippen molar-refractivity contribution in [1.82, 2.24) is 0 Å². The number of carbonyl (C=O) groups excluding carboxylic acids is 3. The molecule has 6 nitrogen and oxygen atoms in total. The van der Waals surface area contributed by atoms with Gasteiger partial charge in [0.2, 0.25) is 0 Å². The number of hydrogen-bond acceptors (Lipinski definition) is 6. The summed E-state index contributed by atoms with van der Waals surface area (Å²) in [5.74, 6) is -0.998. The fourth-order valence-electron chi connectivity index (χ4n) is 7.24. The zero-order valence-corrected chi connectivity index (χ0v) is 43.4. The van der Waals surface area contributed by atoms with Crippen LogP contribution in [0.1, 0.15) is 239 Å². The predicted octanol–water partition coefficient (Wildman–Crippen LogP) is 18.3. The van der Waals surface area contributed by atoms with Gasteiger partial charge in [0.15, 0.2) is 6.10 Å². The Kier molecular flexibility index (Phi) is 51.5. The van der Waals surface area contributed by atoms with Gasteiger partial charge in [0.05, 0.1) is 0 Å². The molecule has 0 aliphatic carbocycles. The third kappa shape index (κ3) is 52.9. The lowest BCUT2D eigenvalue weighted by molar-refractivity contribution is -0.167. The molecule has 380 valence electrons. The van der Waals surface area contributed by atoms with Gasteiger partial charge in [0.1, 0.15) is 13.2 Å². The monoisotopic (exact) mass is 929 g/mol. The van der Waals surface area contributed by atoms with Crippen molar-refractivity contribution in [1.29, 1.82) is 0 Å². The average Bonchev–Trinajstić information content (AvgIpc) is 3.33. The molecule has 0 spiro atoms. The van der Waals surface area contributed by atoms with Crippen LogP contribution in [0.5, 0.6) is 0 Å². The van der Waals surface area contributed by atoms with Gasteiger partial charge >= 0.3 is 17.9 Å². The number of esters is 3. The van der Waals surface area contributed by atoms with Gasteiger partial charge in [-0.1, -0.05) is 226 Å². The molecule has 67 heavy (non-hydrogen) atoms. The van der Waals surface area contributed by atoms with Crippen LogP contribution in [0.3, 0.4) is 0 Å². The molecule has 6 heteroatoms. The molecule has 1 unspecified atom stereocenters. The Balaban J connectivity index is 4.49. The SMILES string of the molecule is CC/C=C/C=C/C=C/CCCCCCCC(=O)OCC(COC(=O)CCCCCCCCC/C=C/CCCCCCCCCC)OC(=O)CCC/C=C/C/C=C/C/C=C/C/C=C/C/C=C/CC. The van der Waals surface area contributed by atoms with Gasteiger partial charge < -0.3 is 14.2 Å². The molecule has 0 heterocycles. The second kappa shape index (κ2) is 54.7. The molecule has 0 aromatic heterocycles. The first-order valence-corrected chi connectivity index (χ1v) is 27.4. The summed E-state index contributed by atoms with van der Waals surface area (Å²) in [6.07, 6.45) is 73.7. The Bertz CT molecular complexity index is 1390. The van der Waals surface area contributed by atoms with Crippen LogP contribution in [0.2, 0.25) is 0 Å². The van der Waals surface area contributed by atoms with E-state index in [0.29, 0.717) is 19.3 Å². The van der Waals surface area contributed by atoms with Crippen molar-refractivity contribution in [2.75, 3.05) is 13.2 Å². The smallest absolute Gasteiger partial charge is 0.306 e. The lowest BCUT2D eigenvalue weighted by Crippen LogP contribution is -2.30. The minimum absolute atomic E-state index is 0.111. The van der Waals surface area contributed by atoms with E-state index in [4.69, 9.17) is 14.2 Å². The fraction of sp³-hybridized carbons (Fsp3) is 0.656. The first-order chi connectivity index (χ1) is 33.0. The maximum absolute atomic E-state index is 12.8. The van der Waals surface area contributed by atoms with Crippen LogP contribution in [-0.2, 0) is 28.6 Å². The van der Waals surface area contributed by atoms with Crippen LogP contribution in [0.4, 0.5) is 0 Å². The van der Waals surface area contributed by atoms with E-state index in [0.717, 1.165) is 103 Å². The molecule has 0 aromatic carbocycles. The molecule has 0 aliphatic rings. The third-order valence-corrected chi connectivity index (χ3v) is 11.3. The molecule has 0 saturated heterocycles. The van der Waals surface area contributed by atoms with Crippen molar-refractivity contribution in [3.05, 3.63) is 109 Å². The Morgan fingerprint density at radius 3 is 1.13 bits per heavy atom. The van der Waals surface area contributed by atoms with Gasteiger partial charge in [0.25, 0.3) is 0 Å². The molecule has 0 amide bonds. The van der Waals surface area contributed by atoms with Crippen molar-refractivity contribution in [3.63, 3.8) is 0 Å². The summed E-state index contributed by atoms with van der Waals surface area (Å²) in [5, 5.41) is 0. The molecule has 0 N–H and O–H groups in total. The molecule has 0 fully saturated rings. The van der Waals surface area contributed by atoms with E-state index >= 15 is 0 Å². The highest BCUT2D eigenvalue weighted by Crippen LogP contribution is 2.14. The van der Waals surface area contributed by atoms with E-state index < -0.39 is 6.10 Å². The molecule has 0 aliphatic heterocycles. The number of carbonyl (C=O) groups is 3. The maximum atomic E-state index is 12.8. The molecule has 0 saturated carbocycles. The van der Waals surface area contributed by atoms with Crippen molar-refractivity contribution in [2.45, 2.75) is 245 Å². The van der Waals surface area contributed by atoms with Crippen molar-refractivity contribution < 1.29 is 28.6 Å². The minimum atomic E-state index is -0.820. The largest absolute Gasteiger partial charge is 0.462 e. The topological polar surface area (TPSA) is 78.9 Å². The standard InChI is InChI=1S/C61H100O6/c1-4-7-10-13-16-19-22-25-27-29-30-32-33-36-39-42-45-48-51-54-60(63)66-57-58(56-65-59(62)53-50-47-44-41-38-35-24-21-18-15-12-9-6-3)67-61(64)55-52-49-46-43-40-37-34-31-28-26-23-20-17-14-11-8-5-2/h8-9,11-12,15,17-18,20-21,24,26,28-30,34,37,43,46,58H,4-7,10,13-14,16,19,22-23,25,27,31-33,35-36,38-42,44-45,47-57H2,1-3H3/b11-8+,12-9+,18-15+,20-17+,24-21+,28-26+,30-29+,37-34+,46-43+. The number of rotatable bonds is 48. The lowest BCUT2D eigenvalue weighted by atomic mass is 10.1. The summed E-state index contributed by atoms with van der Waals surface area (Å²) >= 11 is 0. The third-order valence-electron chi connectivity index (χ3n) is 11.3. The van der Waals surface area contributed by atoms with Crippen molar-refractivity contribution in [3.8, 4) is 0 Å². The molecule has 0 radical (unpaired) electrons. The normalized spacial score (nSPS) is 12.9. The molecule has 0 aromatic rings. The zero-order valence-electron chi connectivity index (χ0n) is 43.4. The minimum Gasteiger partial charge on any atom is -0.462 e. The van der Waals surface area contributed by atoms with Crippen LogP contribution in [0, 0.1) is 0 Å². The van der Waals surface area contributed by atoms with Crippen LogP contribution < -0.4 is 0 Å². The number of allylic oxidation sites excluding steroid dienone is 18. The van der Waals surface area contributed by atoms with Gasteiger partial charge in [-0.25, -0.2) is 0 Å². The van der Waals surface area contributed by atoms with E-state index in [1.165, 1.54) is 89.9 Å². The van der Waals surface area contributed by atoms with E-state index in [1.807, 2.05) is 0 Å². The summed E-state index contributed by atoms with van der Waals surface area (Å²) in [6, 6.07) is 0. The molecular formula is C61H100O6. The molecule has 0 bridgehead atoms. The summed E-state index contributed by atoms with van der Waals surface area (Å²) in [6.45, 7) is 6.32. The Hall–Kier alpha value is -3.93. The number of ether oxygens (including phenoxy) is 3. The summed E-state index contributed by atoms with van der Waals surface area (Å²) in [5.41, 5.74) is 0. The van der Waals surface area contributed by atoms with E-state index in [2.05, 4.69) is 130 Å². The van der Waals surface area contributed by atoms with E-state index in [9.17, 15) is 14.4 Å². The lowest BCUT2D eigenvalue weighted by Gasteiger charge is -2.18. The average molecular weight is 929 g/mol. The van der Waals surface area contributed by atoms with Gasteiger partial charge in [-0.15, -0.1) is 0 Å². The Labute approximate surface area is 412 Å². The Morgan fingerprint density at radius 2 is 0.672 bits per heavy atom. The fourth-order valence-corrected chi connectivity index (χ4v) is 7.24. The summed E-state index contributed by atoms with van der Waals surface area (Å²) in [7, 11) is 0. The predicted molar refractivity (Wildman–Crippen MR) is 288 cm³/mol. The first kappa shape index (κ1) is 63.1. The van der Waals surface area contributed by atoms with E-state index in [-0.39, 0.29) is 37.5 Å². The Morgan fingerprint density at radius 1 is 0.328 bits per heavy atom. The summed E-state index contributed by atoms with van der Waals surface area (Å²) in [4.78, 5) is 38.1. The van der Waals surface area contributed by atoms with Crippen LogP contribution in [0.25, 0.3) is 0 Å². The van der Waals surface area contributed by atoms with Crippen molar-refractivity contribution >= 4 is 17.9 Å². The molecule has 0 rings (SSSR count). The second-order valence-corrected chi connectivity index (χ2v) is 17.8. The highest BCUT2D eigenvalue weighted by atomic mass is 16.6. The van der Waals surface area contributed by atoms with Gasteiger partial charge in [-0.05, 0) is 103 Å². The second-order valence-electron chi connectivity index (χ2n) is 17.8. The van der Waals surface area contributed by atoms with E-state index in [1.54, 1.807) is 0 Å². The maximum Gasteiger partial charge on any atom is 0.306 e. The summed E-state index contributed by atoms with van der Waals surface area (Å²) < 4.78 is 16.8.